The molecule has 2 fully saturated rings. The van der Waals surface area contributed by atoms with Crippen LogP contribution in [0.1, 0.15) is 44.2 Å². The Bertz CT molecular complexity index is 387. The predicted molar refractivity (Wildman–Crippen MR) is 73.9 cm³/mol. The Kier molecular flexibility index (Phi) is 3.69. The monoisotopic (exact) mass is 265 g/mol. The van der Waals surface area contributed by atoms with Crippen LogP contribution in [0.15, 0.2) is 12.1 Å². The summed E-state index contributed by atoms with van der Waals surface area (Å²) in [6.45, 7) is 1.13. The lowest BCUT2D eigenvalue weighted by atomic mass is 9.96. The number of anilines is 1. The molecule has 3 rings (SSSR count). The fourth-order valence-corrected chi connectivity index (χ4v) is 3.63. The summed E-state index contributed by atoms with van der Waals surface area (Å²) >= 11 is 5.76. The summed E-state index contributed by atoms with van der Waals surface area (Å²) in [6.07, 6.45) is 8.23. The first-order chi connectivity index (χ1) is 8.88. The third-order valence-corrected chi connectivity index (χ3v) is 4.65. The fraction of sp³-hybridized carbons (Fsp3) is 0.714. The zero-order valence-corrected chi connectivity index (χ0v) is 11.4. The van der Waals surface area contributed by atoms with Gasteiger partial charge in [-0.25, -0.2) is 0 Å². The molecule has 1 atom stereocenters. The Morgan fingerprint density at radius 3 is 2.61 bits per heavy atom. The SMILES string of the molecule is ClCc1ccc(N2CCCC2C2CCCC2)nn1. The van der Waals surface area contributed by atoms with E-state index < -0.39 is 0 Å². The van der Waals surface area contributed by atoms with Gasteiger partial charge in [-0.05, 0) is 43.7 Å². The first-order valence-corrected chi connectivity index (χ1v) is 7.57. The van der Waals surface area contributed by atoms with Gasteiger partial charge in [0.2, 0.25) is 0 Å². The topological polar surface area (TPSA) is 29.0 Å². The highest BCUT2D eigenvalue weighted by atomic mass is 35.5. The molecule has 1 aromatic heterocycles. The maximum Gasteiger partial charge on any atom is 0.151 e. The van der Waals surface area contributed by atoms with E-state index in [4.69, 9.17) is 11.6 Å². The standard InChI is InChI=1S/C14H20ClN3/c15-10-12-7-8-14(17-16-12)18-9-3-6-13(18)11-4-1-2-5-11/h7-8,11,13H,1-6,9-10H2. The smallest absolute Gasteiger partial charge is 0.151 e. The van der Waals surface area contributed by atoms with Gasteiger partial charge in [0.05, 0.1) is 11.6 Å². The Morgan fingerprint density at radius 2 is 1.94 bits per heavy atom. The van der Waals surface area contributed by atoms with Crippen LogP contribution in [0, 0.1) is 5.92 Å². The van der Waals surface area contributed by atoms with Gasteiger partial charge in [0.25, 0.3) is 0 Å². The van der Waals surface area contributed by atoms with Gasteiger partial charge in [-0.1, -0.05) is 12.8 Å². The van der Waals surface area contributed by atoms with Crippen molar-refractivity contribution >= 4 is 17.4 Å². The van der Waals surface area contributed by atoms with Crippen molar-refractivity contribution in [3.8, 4) is 0 Å². The van der Waals surface area contributed by atoms with Gasteiger partial charge in [-0.2, -0.15) is 5.10 Å². The van der Waals surface area contributed by atoms with Crippen LogP contribution in [0.5, 0.6) is 0 Å². The van der Waals surface area contributed by atoms with Crippen molar-refractivity contribution in [3.05, 3.63) is 17.8 Å². The molecule has 1 aliphatic heterocycles. The second-order valence-electron chi connectivity index (χ2n) is 5.46. The second kappa shape index (κ2) is 5.43. The maximum atomic E-state index is 5.76. The molecular formula is C14H20ClN3. The normalized spacial score (nSPS) is 24.9. The van der Waals surface area contributed by atoms with Gasteiger partial charge in [0, 0.05) is 12.6 Å². The molecule has 1 saturated carbocycles. The molecule has 0 N–H and O–H groups in total. The highest BCUT2D eigenvalue weighted by Gasteiger charge is 2.33. The van der Waals surface area contributed by atoms with E-state index >= 15 is 0 Å². The largest absolute Gasteiger partial charge is 0.352 e. The van der Waals surface area contributed by atoms with Crippen molar-refractivity contribution in [2.24, 2.45) is 5.92 Å². The van der Waals surface area contributed by atoms with E-state index in [2.05, 4.69) is 21.2 Å². The summed E-state index contributed by atoms with van der Waals surface area (Å²) < 4.78 is 0. The zero-order valence-electron chi connectivity index (χ0n) is 10.7. The van der Waals surface area contributed by atoms with Crippen LogP contribution in [0.2, 0.25) is 0 Å². The van der Waals surface area contributed by atoms with Crippen molar-refractivity contribution in [2.45, 2.75) is 50.4 Å². The average Bonchev–Trinajstić information content (AvgIpc) is 3.09. The first kappa shape index (κ1) is 12.2. The summed E-state index contributed by atoms with van der Waals surface area (Å²) in [5.41, 5.74) is 0.858. The molecule has 0 spiro atoms. The van der Waals surface area contributed by atoms with E-state index in [-0.39, 0.29) is 0 Å². The minimum absolute atomic E-state index is 0.444. The molecule has 98 valence electrons. The Labute approximate surface area is 114 Å². The van der Waals surface area contributed by atoms with Gasteiger partial charge in [-0.15, -0.1) is 16.7 Å². The van der Waals surface area contributed by atoms with Crippen LogP contribution in [0.25, 0.3) is 0 Å². The summed E-state index contributed by atoms with van der Waals surface area (Å²) in [7, 11) is 0. The van der Waals surface area contributed by atoms with Crippen LogP contribution in [0.4, 0.5) is 5.82 Å². The molecule has 3 nitrogen and oxygen atoms in total. The molecule has 1 unspecified atom stereocenters. The van der Waals surface area contributed by atoms with E-state index in [0.29, 0.717) is 11.9 Å². The molecular weight excluding hydrogens is 246 g/mol. The molecule has 1 aliphatic carbocycles. The number of aromatic nitrogens is 2. The van der Waals surface area contributed by atoms with E-state index in [0.717, 1.165) is 24.0 Å². The molecule has 1 aromatic rings. The number of rotatable bonds is 3. The quantitative estimate of drug-likeness (QED) is 0.785. The summed E-state index contributed by atoms with van der Waals surface area (Å²) in [5.74, 6) is 2.36. The van der Waals surface area contributed by atoms with Gasteiger partial charge in [-0.3, -0.25) is 0 Å². The van der Waals surface area contributed by atoms with Crippen molar-refractivity contribution in [2.75, 3.05) is 11.4 Å². The summed E-state index contributed by atoms with van der Waals surface area (Å²) in [6, 6.07) is 4.78. The van der Waals surface area contributed by atoms with E-state index in [9.17, 15) is 0 Å². The lowest BCUT2D eigenvalue weighted by molar-refractivity contribution is 0.428. The van der Waals surface area contributed by atoms with Crippen molar-refractivity contribution in [1.82, 2.24) is 10.2 Å². The minimum Gasteiger partial charge on any atom is -0.352 e. The molecule has 2 heterocycles. The molecule has 4 heteroatoms. The van der Waals surface area contributed by atoms with E-state index in [1.165, 1.54) is 38.5 Å². The molecule has 0 aromatic carbocycles. The Morgan fingerprint density at radius 1 is 1.11 bits per heavy atom. The van der Waals surface area contributed by atoms with Crippen LogP contribution in [0.3, 0.4) is 0 Å². The van der Waals surface area contributed by atoms with Crippen LogP contribution in [-0.2, 0) is 5.88 Å². The van der Waals surface area contributed by atoms with E-state index in [1.54, 1.807) is 0 Å². The van der Waals surface area contributed by atoms with Gasteiger partial charge in [0.1, 0.15) is 0 Å². The molecule has 2 aliphatic rings. The predicted octanol–water partition coefficient (Wildman–Crippen LogP) is 3.37. The third-order valence-electron chi connectivity index (χ3n) is 4.38. The summed E-state index contributed by atoms with van der Waals surface area (Å²) in [4.78, 5) is 2.47. The van der Waals surface area contributed by atoms with Crippen LogP contribution < -0.4 is 4.90 Å². The first-order valence-electron chi connectivity index (χ1n) is 7.03. The van der Waals surface area contributed by atoms with Gasteiger partial charge in [0.15, 0.2) is 5.82 Å². The summed E-state index contributed by atoms with van der Waals surface area (Å²) in [5, 5.41) is 8.52. The number of nitrogens with zero attached hydrogens (tertiary/aromatic N) is 3. The maximum absolute atomic E-state index is 5.76. The van der Waals surface area contributed by atoms with E-state index in [1.807, 2.05) is 6.07 Å². The minimum atomic E-state index is 0.444. The lowest BCUT2D eigenvalue weighted by Gasteiger charge is -2.30. The van der Waals surface area contributed by atoms with Crippen molar-refractivity contribution in [1.29, 1.82) is 0 Å². The molecule has 0 radical (unpaired) electrons. The Balaban J connectivity index is 1.76. The zero-order chi connectivity index (χ0) is 12.4. The van der Waals surface area contributed by atoms with Crippen LogP contribution in [-0.4, -0.2) is 22.8 Å². The number of hydrogen-bond donors (Lipinski definition) is 0. The van der Waals surface area contributed by atoms with Gasteiger partial charge >= 0.3 is 0 Å². The molecule has 18 heavy (non-hydrogen) atoms. The lowest BCUT2D eigenvalue weighted by Crippen LogP contribution is -2.35. The van der Waals surface area contributed by atoms with Crippen molar-refractivity contribution in [3.63, 3.8) is 0 Å². The number of hydrogen-bond acceptors (Lipinski definition) is 3. The number of halogens is 1. The molecule has 0 amide bonds. The second-order valence-corrected chi connectivity index (χ2v) is 5.73. The molecule has 1 saturated heterocycles. The fourth-order valence-electron chi connectivity index (χ4n) is 3.49. The average molecular weight is 266 g/mol. The highest BCUT2D eigenvalue weighted by molar-refractivity contribution is 6.16. The molecule has 0 bridgehead atoms. The van der Waals surface area contributed by atoms with Crippen LogP contribution >= 0.6 is 11.6 Å². The highest BCUT2D eigenvalue weighted by Crippen LogP contribution is 2.36. The number of alkyl halides is 1. The van der Waals surface area contributed by atoms with Crippen molar-refractivity contribution < 1.29 is 0 Å². The third kappa shape index (κ3) is 2.33. The van der Waals surface area contributed by atoms with Gasteiger partial charge < -0.3 is 4.90 Å². The Hall–Kier alpha value is -0.830.